The molecule has 2 heterocycles. The average molecular weight is 314 g/mol. The van der Waals surface area contributed by atoms with Gasteiger partial charge in [-0.3, -0.25) is 9.59 Å². The van der Waals surface area contributed by atoms with Crippen LogP contribution in [0.2, 0.25) is 0 Å². The molecule has 7 nitrogen and oxygen atoms in total. The quantitative estimate of drug-likeness (QED) is 0.894. The molecule has 0 spiro atoms. The molecule has 2 N–H and O–H groups in total. The molecular weight excluding hydrogens is 296 g/mol. The van der Waals surface area contributed by atoms with E-state index in [0.717, 1.165) is 24.2 Å². The lowest BCUT2D eigenvalue weighted by Crippen LogP contribution is -2.76. The molecule has 7 heteroatoms. The Balaban J connectivity index is 1.68. The topological polar surface area (TPSA) is 96.6 Å². The summed E-state index contributed by atoms with van der Waals surface area (Å²) in [6, 6.07) is 1.90. The second-order valence-corrected chi connectivity index (χ2v) is 6.76. The number of aliphatic carboxylic acids is 1. The number of carboxylic acid groups (broad SMARTS) is 1. The summed E-state index contributed by atoms with van der Waals surface area (Å²) >= 11 is 0. The van der Waals surface area contributed by atoms with Gasteiger partial charge in [0, 0.05) is 11.4 Å². The first-order valence-electron chi connectivity index (χ1n) is 7.76. The van der Waals surface area contributed by atoms with Crippen LogP contribution in [-0.2, 0) is 4.79 Å². The van der Waals surface area contributed by atoms with E-state index in [4.69, 9.17) is 0 Å². The predicted octanol–water partition coefficient (Wildman–Crippen LogP) is 1.47. The minimum Gasteiger partial charge on any atom is -0.481 e. The van der Waals surface area contributed by atoms with Gasteiger partial charge in [-0.05, 0) is 45.6 Å². The normalized spacial score (nSPS) is 28.6. The monoisotopic (exact) mass is 314 g/mol. The van der Waals surface area contributed by atoms with Crippen molar-refractivity contribution in [3.8, 4) is 0 Å². The van der Waals surface area contributed by atoms with Crippen LogP contribution < -0.4 is 5.32 Å². The lowest BCUT2D eigenvalue weighted by molar-refractivity contribution is -0.186. The molecular formula is C16H18N4O3. The number of rotatable bonds is 3. The smallest absolute Gasteiger partial charge is 0.312 e. The van der Waals surface area contributed by atoms with Crippen molar-refractivity contribution in [1.29, 1.82) is 0 Å². The fraction of sp³-hybridized carbons (Fsp3) is 0.500. The molecule has 2 fully saturated rings. The summed E-state index contributed by atoms with van der Waals surface area (Å²) in [5, 5.41) is 16.7. The Morgan fingerprint density at radius 2 is 1.96 bits per heavy atom. The molecule has 0 aromatic carbocycles. The van der Waals surface area contributed by atoms with Gasteiger partial charge in [-0.2, -0.15) is 5.10 Å². The van der Waals surface area contributed by atoms with Gasteiger partial charge < -0.3 is 10.4 Å². The van der Waals surface area contributed by atoms with Crippen LogP contribution in [0.25, 0.3) is 5.65 Å². The van der Waals surface area contributed by atoms with Gasteiger partial charge in [-0.25, -0.2) is 9.50 Å². The molecule has 2 aliphatic rings. The number of carbonyl (C=O) groups excluding carboxylic acids is 1. The fourth-order valence-corrected chi connectivity index (χ4v) is 4.09. The van der Waals surface area contributed by atoms with Crippen molar-refractivity contribution in [2.45, 2.75) is 45.1 Å². The summed E-state index contributed by atoms with van der Waals surface area (Å²) in [6.45, 7) is 3.77. The minimum atomic E-state index is -0.806. The molecule has 0 unspecified atom stereocenters. The molecule has 1 amide bonds. The molecule has 2 aliphatic carbocycles. The number of carboxylic acids is 1. The molecule has 0 saturated heterocycles. The van der Waals surface area contributed by atoms with Crippen LogP contribution in [0.1, 0.15) is 47.4 Å². The van der Waals surface area contributed by atoms with Crippen LogP contribution in [0, 0.1) is 19.3 Å². The lowest BCUT2D eigenvalue weighted by atomic mass is 9.42. The molecule has 0 bridgehead atoms. The van der Waals surface area contributed by atoms with Gasteiger partial charge in [0.15, 0.2) is 5.65 Å². The predicted molar refractivity (Wildman–Crippen MR) is 81.2 cm³/mol. The van der Waals surface area contributed by atoms with E-state index in [1.54, 1.807) is 4.52 Å². The Labute approximate surface area is 132 Å². The van der Waals surface area contributed by atoms with E-state index in [0.29, 0.717) is 24.1 Å². The first-order valence-corrected chi connectivity index (χ1v) is 7.76. The molecule has 0 atom stereocenters. The summed E-state index contributed by atoms with van der Waals surface area (Å²) in [4.78, 5) is 28.7. The third-order valence-corrected chi connectivity index (χ3v) is 5.66. The number of amides is 1. The van der Waals surface area contributed by atoms with Gasteiger partial charge in [0.05, 0.1) is 17.2 Å². The van der Waals surface area contributed by atoms with Gasteiger partial charge in [-0.1, -0.05) is 0 Å². The number of nitrogens with zero attached hydrogens (tertiary/aromatic N) is 3. The molecule has 2 saturated carbocycles. The van der Waals surface area contributed by atoms with Crippen molar-refractivity contribution in [3.63, 3.8) is 0 Å². The van der Waals surface area contributed by atoms with Crippen molar-refractivity contribution >= 4 is 17.5 Å². The largest absolute Gasteiger partial charge is 0.481 e. The molecule has 23 heavy (non-hydrogen) atoms. The van der Waals surface area contributed by atoms with Crippen molar-refractivity contribution in [2.24, 2.45) is 5.41 Å². The maximum atomic E-state index is 12.7. The fourth-order valence-electron chi connectivity index (χ4n) is 4.09. The highest BCUT2D eigenvalue weighted by Gasteiger charge is 2.70. The third kappa shape index (κ3) is 1.64. The number of carbonyl (C=O) groups is 2. The van der Waals surface area contributed by atoms with Gasteiger partial charge in [0.2, 0.25) is 0 Å². The Morgan fingerprint density at radius 3 is 2.52 bits per heavy atom. The second-order valence-electron chi connectivity index (χ2n) is 6.76. The van der Waals surface area contributed by atoms with Crippen LogP contribution in [0.5, 0.6) is 0 Å². The summed E-state index contributed by atoms with van der Waals surface area (Å²) < 4.78 is 1.63. The van der Waals surface area contributed by atoms with E-state index >= 15 is 0 Å². The van der Waals surface area contributed by atoms with Gasteiger partial charge in [0.25, 0.3) is 5.91 Å². The SMILES string of the molecule is Cc1cc(C)n2ncc(C(=O)NC34CCC3(C(=O)O)CC4)c2n1. The van der Waals surface area contributed by atoms with Crippen LogP contribution in [0.3, 0.4) is 0 Å². The third-order valence-electron chi connectivity index (χ3n) is 5.66. The molecule has 2 aromatic rings. The standard InChI is InChI=1S/C16H18N4O3/c1-9-7-10(2)20-12(18-9)11(8-17-20)13(21)19-16-5-3-15(16,4-6-16)14(22)23/h7-8H,3-6H2,1-2H3,(H,19,21)(H,22,23). The van der Waals surface area contributed by atoms with Crippen molar-refractivity contribution in [2.75, 3.05) is 0 Å². The zero-order chi connectivity index (χ0) is 16.4. The Hall–Kier alpha value is -2.44. The van der Waals surface area contributed by atoms with Gasteiger partial charge in [0.1, 0.15) is 5.56 Å². The highest BCUT2D eigenvalue weighted by molar-refractivity contribution is 6.01. The van der Waals surface area contributed by atoms with Gasteiger partial charge >= 0.3 is 5.97 Å². The summed E-state index contributed by atoms with van der Waals surface area (Å²) in [5.41, 5.74) is 1.25. The first kappa shape index (κ1) is 14.2. The number of aryl methyl sites for hydroxylation is 2. The van der Waals surface area contributed by atoms with E-state index in [1.807, 2.05) is 19.9 Å². The first-order chi connectivity index (χ1) is 10.9. The molecule has 0 radical (unpaired) electrons. The Morgan fingerprint density at radius 1 is 1.26 bits per heavy atom. The van der Waals surface area contributed by atoms with E-state index < -0.39 is 16.9 Å². The average Bonchev–Trinajstić information content (AvgIpc) is 2.89. The van der Waals surface area contributed by atoms with E-state index in [2.05, 4.69) is 15.4 Å². The molecule has 0 aliphatic heterocycles. The van der Waals surface area contributed by atoms with Gasteiger partial charge in [-0.15, -0.1) is 0 Å². The highest BCUT2D eigenvalue weighted by Crippen LogP contribution is 2.64. The van der Waals surface area contributed by atoms with Crippen molar-refractivity contribution in [3.05, 3.63) is 29.2 Å². The molecule has 120 valence electrons. The van der Waals surface area contributed by atoms with Crippen LogP contribution in [0.4, 0.5) is 0 Å². The molecule has 2 aromatic heterocycles. The minimum absolute atomic E-state index is 0.289. The maximum absolute atomic E-state index is 12.7. The zero-order valence-corrected chi connectivity index (χ0v) is 13.1. The number of nitrogens with one attached hydrogen (secondary N) is 1. The number of hydrogen-bond acceptors (Lipinski definition) is 4. The Bertz CT molecular complexity index is 846. The number of fused-ring (bicyclic) bond motifs is 2. The van der Waals surface area contributed by atoms with E-state index in [1.165, 1.54) is 6.20 Å². The lowest BCUT2D eigenvalue weighted by Gasteiger charge is -2.65. The number of aromatic nitrogens is 3. The maximum Gasteiger partial charge on any atom is 0.312 e. The second kappa shape index (κ2) is 4.31. The zero-order valence-electron chi connectivity index (χ0n) is 13.1. The van der Waals surface area contributed by atoms with E-state index in [-0.39, 0.29) is 5.91 Å². The van der Waals surface area contributed by atoms with Crippen LogP contribution >= 0.6 is 0 Å². The summed E-state index contributed by atoms with van der Waals surface area (Å²) in [6.07, 6.45) is 4.20. The molecule has 4 rings (SSSR count). The number of hydrogen-bond donors (Lipinski definition) is 2. The summed E-state index contributed by atoms with van der Waals surface area (Å²) in [7, 11) is 0. The van der Waals surface area contributed by atoms with Crippen LogP contribution in [0.15, 0.2) is 12.3 Å². The van der Waals surface area contributed by atoms with E-state index in [9.17, 15) is 14.7 Å². The van der Waals surface area contributed by atoms with Crippen LogP contribution in [-0.4, -0.2) is 37.1 Å². The van der Waals surface area contributed by atoms with Crippen molar-refractivity contribution in [1.82, 2.24) is 19.9 Å². The summed E-state index contributed by atoms with van der Waals surface area (Å²) in [5.74, 6) is -1.09. The highest BCUT2D eigenvalue weighted by atomic mass is 16.4. The Kier molecular flexibility index (Phi) is 2.65. The van der Waals surface area contributed by atoms with Crippen molar-refractivity contribution < 1.29 is 14.7 Å².